The smallest absolute Gasteiger partial charge is 0.290 e. The second kappa shape index (κ2) is 6.27. The number of halogens is 1. The summed E-state index contributed by atoms with van der Waals surface area (Å²) < 4.78 is 20.8. The highest BCUT2D eigenvalue weighted by molar-refractivity contribution is 5.91. The van der Waals surface area contributed by atoms with E-state index in [2.05, 4.69) is 15.6 Å². The van der Waals surface area contributed by atoms with Crippen LogP contribution in [0.4, 0.5) is 4.39 Å². The molecule has 1 N–H and O–H groups in total. The molecule has 0 saturated carbocycles. The molecule has 0 radical (unpaired) electrons. The summed E-state index contributed by atoms with van der Waals surface area (Å²) in [5, 5.41) is 10.5. The molecule has 2 heterocycles. The molecule has 0 fully saturated rings. The van der Waals surface area contributed by atoms with Crippen molar-refractivity contribution >= 4 is 5.91 Å². The molecular weight excluding hydrogens is 311 g/mol. The maximum Gasteiger partial charge on any atom is 0.290 e. The van der Waals surface area contributed by atoms with Crippen molar-refractivity contribution in [1.29, 1.82) is 0 Å². The van der Waals surface area contributed by atoms with Crippen LogP contribution in [-0.4, -0.2) is 20.8 Å². The number of nitrogens with one attached hydrogen (secondary N) is 1. The molecule has 6 nitrogen and oxygen atoms in total. The van der Waals surface area contributed by atoms with Crippen molar-refractivity contribution < 1.29 is 13.7 Å². The Balaban J connectivity index is 1.77. The molecule has 1 atom stereocenters. The summed E-state index contributed by atoms with van der Waals surface area (Å²) in [5.41, 5.74) is 2.57. The van der Waals surface area contributed by atoms with E-state index in [4.69, 9.17) is 4.52 Å². The van der Waals surface area contributed by atoms with Gasteiger partial charge in [-0.3, -0.25) is 4.79 Å². The summed E-state index contributed by atoms with van der Waals surface area (Å²) in [7, 11) is 0. The van der Waals surface area contributed by atoms with Crippen LogP contribution >= 0.6 is 0 Å². The Morgan fingerprint density at radius 3 is 2.71 bits per heavy atom. The number of rotatable bonds is 4. The van der Waals surface area contributed by atoms with Crippen molar-refractivity contribution in [2.75, 3.05) is 0 Å². The van der Waals surface area contributed by atoms with Crippen LogP contribution in [0.15, 0.2) is 41.2 Å². The van der Waals surface area contributed by atoms with Gasteiger partial charge in [-0.1, -0.05) is 11.2 Å². The first-order chi connectivity index (χ1) is 11.4. The molecule has 124 valence electrons. The van der Waals surface area contributed by atoms with Crippen LogP contribution in [0.1, 0.15) is 40.3 Å². The number of aromatic nitrogens is 3. The Hall–Kier alpha value is -2.96. The van der Waals surface area contributed by atoms with Crippen LogP contribution in [0, 0.1) is 19.7 Å². The Morgan fingerprint density at radius 2 is 2.12 bits per heavy atom. The molecule has 1 amide bonds. The molecule has 0 aliphatic carbocycles. The van der Waals surface area contributed by atoms with Crippen LogP contribution < -0.4 is 5.32 Å². The highest BCUT2D eigenvalue weighted by Crippen LogP contribution is 2.20. The van der Waals surface area contributed by atoms with Crippen molar-refractivity contribution in [3.63, 3.8) is 0 Å². The lowest BCUT2D eigenvalue weighted by molar-refractivity contribution is 0.0902. The molecule has 2 aromatic heterocycles. The molecule has 3 aromatic rings. The van der Waals surface area contributed by atoms with E-state index >= 15 is 0 Å². The molecule has 0 spiro atoms. The average Bonchev–Trinajstić information content (AvgIpc) is 3.15. The van der Waals surface area contributed by atoms with Crippen LogP contribution in [0.5, 0.6) is 0 Å². The Kier molecular flexibility index (Phi) is 4.16. The molecule has 7 heteroatoms. The molecule has 1 aromatic carbocycles. The topological polar surface area (TPSA) is 73.0 Å². The Morgan fingerprint density at radius 1 is 1.33 bits per heavy atom. The monoisotopic (exact) mass is 328 g/mol. The lowest BCUT2D eigenvalue weighted by Crippen LogP contribution is -2.26. The summed E-state index contributed by atoms with van der Waals surface area (Å²) in [6, 6.07) is 5.95. The molecule has 0 aliphatic heterocycles. The van der Waals surface area contributed by atoms with Crippen LogP contribution in [0.2, 0.25) is 0 Å². The fourth-order valence-corrected chi connectivity index (χ4v) is 2.34. The highest BCUT2D eigenvalue weighted by atomic mass is 19.1. The number of carbonyl (C=O) groups excluding carboxylic acids is 1. The number of carbonyl (C=O) groups is 1. The molecule has 0 aliphatic rings. The second-order valence-electron chi connectivity index (χ2n) is 5.70. The van der Waals surface area contributed by atoms with Gasteiger partial charge >= 0.3 is 0 Å². The van der Waals surface area contributed by atoms with E-state index in [1.54, 1.807) is 44.4 Å². The predicted molar refractivity (Wildman–Crippen MR) is 85.4 cm³/mol. The van der Waals surface area contributed by atoms with E-state index in [1.807, 2.05) is 6.92 Å². The maximum absolute atomic E-state index is 14.4. The number of hydrogen-bond acceptors (Lipinski definition) is 4. The standard InChI is InChI=1S/C17H17FN4O2/c1-10-8-19-22(9-10)15-5-4-13(7-14(15)18)12(3)20-17(23)16-6-11(2)21-24-16/h4-9,12H,1-3H3,(H,20,23). The third-order valence-corrected chi connectivity index (χ3v) is 3.63. The largest absolute Gasteiger partial charge is 0.351 e. The van der Waals surface area contributed by atoms with E-state index in [0.717, 1.165) is 5.56 Å². The van der Waals surface area contributed by atoms with E-state index in [1.165, 1.54) is 10.7 Å². The van der Waals surface area contributed by atoms with E-state index < -0.39 is 11.7 Å². The lowest BCUT2D eigenvalue weighted by Gasteiger charge is -2.14. The number of aryl methyl sites for hydroxylation is 2. The van der Waals surface area contributed by atoms with Gasteiger partial charge < -0.3 is 9.84 Å². The average molecular weight is 328 g/mol. The predicted octanol–water partition coefficient (Wildman–Crippen LogP) is 3.11. The minimum atomic E-state index is -0.410. The zero-order valence-corrected chi connectivity index (χ0v) is 13.6. The van der Waals surface area contributed by atoms with Gasteiger partial charge in [0, 0.05) is 12.3 Å². The fourth-order valence-electron chi connectivity index (χ4n) is 2.34. The lowest BCUT2D eigenvalue weighted by atomic mass is 10.1. The molecule has 3 rings (SSSR count). The Bertz CT molecular complexity index is 884. The van der Waals surface area contributed by atoms with Crippen LogP contribution in [0.3, 0.4) is 0 Å². The minimum absolute atomic E-state index is 0.128. The summed E-state index contributed by atoms with van der Waals surface area (Å²) in [5.74, 6) is -0.675. The van der Waals surface area contributed by atoms with Gasteiger partial charge in [0.1, 0.15) is 11.5 Å². The summed E-state index contributed by atoms with van der Waals surface area (Å²) in [6.07, 6.45) is 3.41. The van der Waals surface area contributed by atoms with Gasteiger partial charge in [0.25, 0.3) is 5.91 Å². The number of amides is 1. The zero-order chi connectivity index (χ0) is 17.3. The van der Waals surface area contributed by atoms with Gasteiger partial charge in [-0.05, 0) is 44.0 Å². The van der Waals surface area contributed by atoms with E-state index in [0.29, 0.717) is 16.9 Å². The second-order valence-corrected chi connectivity index (χ2v) is 5.70. The van der Waals surface area contributed by atoms with Crippen LogP contribution in [-0.2, 0) is 0 Å². The summed E-state index contributed by atoms with van der Waals surface area (Å²) in [4.78, 5) is 12.1. The molecule has 1 unspecified atom stereocenters. The van der Waals surface area contributed by atoms with Crippen LogP contribution in [0.25, 0.3) is 5.69 Å². The van der Waals surface area contributed by atoms with E-state index in [-0.39, 0.29) is 11.8 Å². The number of hydrogen-bond donors (Lipinski definition) is 1. The first-order valence-corrected chi connectivity index (χ1v) is 7.49. The molecular formula is C17H17FN4O2. The maximum atomic E-state index is 14.4. The summed E-state index contributed by atoms with van der Waals surface area (Å²) in [6.45, 7) is 5.39. The first-order valence-electron chi connectivity index (χ1n) is 7.49. The summed E-state index contributed by atoms with van der Waals surface area (Å²) >= 11 is 0. The molecule has 0 saturated heterocycles. The normalized spacial score (nSPS) is 12.2. The van der Waals surface area contributed by atoms with Crippen molar-refractivity contribution in [3.05, 3.63) is 65.1 Å². The number of benzene rings is 1. The highest BCUT2D eigenvalue weighted by Gasteiger charge is 2.17. The quantitative estimate of drug-likeness (QED) is 0.799. The third-order valence-electron chi connectivity index (χ3n) is 3.63. The molecule has 0 bridgehead atoms. The van der Waals surface area contributed by atoms with Gasteiger partial charge in [-0.15, -0.1) is 0 Å². The third kappa shape index (κ3) is 3.19. The van der Waals surface area contributed by atoms with Gasteiger partial charge in [0.2, 0.25) is 5.76 Å². The van der Waals surface area contributed by atoms with Crippen molar-refractivity contribution in [2.24, 2.45) is 0 Å². The number of nitrogens with zero attached hydrogens (tertiary/aromatic N) is 3. The minimum Gasteiger partial charge on any atom is -0.351 e. The fraction of sp³-hybridized carbons (Fsp3) is 0.235. The van der Waals surface area contributed by atoms with Gasteiger partial charge in [0.15, 0.2) is 0 Å². The van der Waals surface area contributed by atoms with Crippen molar-refractivity contribution in [1.82, 2.24) is 20.3 Å². The first kappa shape index (κ1) is 15.9. The zero-order valence-electron chi connectivity index (χ0n) is 13.6. The SMILES string of the molecule is Cc1cnn(-c2ccc(C(C)NC(=O)c3cc(C)no3)cc2F)c1. The van der Waals surface area contributed by atoms with Crippen molar-refractivity contribution in [2.45, 2.75) is 26.8 Å². The van der Waals surface area contributed by atoms with Gasteiger partial charge in [-0.25, -0.2) is 9.07 Å². The van der Waals surface area contributed by atoms with Crippen molar-refractivity contribution in [3.8, 4) is 5.69 Å². The van der Waals surface area contributed by atoms with Gasteiger partial charge in [-0.2, -0.15) is 5.10 Å². The Labute approximate surface area is 138 Å². The molecule has 24 heavy (non-hydrogen) atoms. The van der Waals surface area contributed by atoms with E-state index in [9.17, 15) is 9.18 Å². The van der Waals surface area contributed by atoms with Gasteiger partial charge in [0.05, 0.1) is 17.9 Å².